The zero-order valence-corrected chi connectivity index (χ0v) is 40.3. The lowest BCUT2D eigenvalue weighted by Crippen LogP contribution is -2.13. The molecular formula is C49H52N14O4S. The van der Waals surface area contributed by atoms with Gasteiger partial charge in [0, 0.05) is 89.3 Å². The number of aromatic amines is 1. The molecule has 19 heteroatoms. The molecule has 0 aliphatic heterocycles. The van der Waals surface area contributed by atoms with Crippen molar-refractivity contribution in [3.8, 4) is 22.6 Å². The van der Waals surface area contributed by atoms with Gasteiger partial charge in [-0.1, -0.05) is 6.07 Å². The molecule has 0 bridgehead atoms. The third-order valence-electron chi connectivity index (χ3n) is 11.5. The molecule has 68 heavy (non-hydrogen) atoms. The van der Waals surface area contributed by atoms with Gasteiger partial charge >= 0.3 is 10.1 Å². The number of aromatic hydroxyl groups is 1. The molecule has 348 valence electrons. The van der Waals surface area contributed by atoms with Crippen LogP contribution in [0.1, 0.15) is 16.7 Å². The molecular weight excluding hydrogens is 881 g/mol. The van der Waals surface area contributed by atoms with Gasteiger partial charge in [0.1, 0.15) is 45.5 Å². The van der Waals surface area contributed by atoms with Crippen LogP contribution in [0.2, 0.25) is 0 Å². The van der Waals surface area contributed by atoms with Crippen LogP contribution in [-0.2, 0) is 31.3 Å². The number of hydrogen-bond donors (Lipinski definition) is 2. The number of aromatic nitrogens is 11. The average Bonchev–Trinajstić information content (AvgIpc) is 4.14. The van der Waals surface area contributed by atoms with Crippen molar-refractivity contribution in [2.45, 2.75) is 20.8 Å². The normalized spacial score (nSPS) is 11.3. The van der Waals surface area contributed by atoms with Gasteiger partial charge in [0.25, 0.3) is 0 Å². The largest absolute Gasteiger partial charge is 0.508 e. The van der Waals surface area contributed by atoms with Gasteiger partial charge in [-0.3, -0.25) is 5.10 Å². The highest BCUT2D eigenvalue weighted by Crippen LogP contribution is 2.33. The van der Waals surface area contributed by atoms with Crippen LogP contribution in [0.25, 0.3) is 44.2 Å². The summed E-state index contributed by atoms with van der Waals surface area (Å²) in [7, 11) is 8.25. The highest BCUT2D eigenvalue weighted by Gasteiger charge is 2.15. The lowest BCUT2D eigenvalue weighted by molar-refractivity contribution is 0.475. The SMILES string of the molecule is Cc1cc(-c2cn[nH]c2)ccc1N(C)c1cc2c(cn1)ncn2C.Cc1cc(O)ccc1N(C)c1cc2c(cn1)ncn2C.Cc1cc(OS(C)(=O)=O)ccc1N(C)c1cc2c(cn1)ncn2C. The Morgan fingerprint density at radius 2 is 0.971 bits per heavy atom. The number of phenols is 1. The molecule has 2 N–H and O–H groups in total. The molecule has 0 spiro atoms. The monoisotopic (exact) mass is 932 g/mol. The van der Waals surface area contributed by atoms with Gasteiger partial charge < -0.3 is 37.7 Å². The van der Waals surface area contributed by atoms with E-state index in [-0.39, 0.29) is 5.75 Å². The molecule has 0 aliphatic carbocycles. The van der Waals surface area contributed by atoms with Gasteiger partial charge in [-0.2, -0.15) is 13.5 Å². The van der Waals surface area contributed by atoms with Crippen molar-refractivity contribution < 1.29 is 17.7 Å². The smallest absolute Gasteiger partial charge is 0.306 e. The number of H-pyrrole nitrogens is 1. The summed E-state index contributed by atoms with van der Waals surface area (Å²) in [5.41, 5.74) is 14.1. The minimum absolute atomic E-state index is 0.273. The summed E-state index contributed by atoms with van der Waals surface area (Å²) in [6.45, 7) is 5.97. The average molecular weight is 933 g/mol. The molecule has 0 unspecified atom stereocenters. The van der Waals surface area contributed by atoms with E-state index in [0.717, 1.165) is 96.1 Å². The van der Waals surface area contributed by atoms with E-state index >= 15 is 0 Å². The number of imidazole rings is 3. The van der Waals surface area contributed by atoms with Gasteiger partial charge in [-0.05, 0) is 91.6 Å². The first-order valence-electron chi connectivity index (χ1n) is 21.4. The molecule has 10 rings (SSSR count). The first-order valence-corrected chi connectivity index (χ1v) is 23.2. The second-order valence-corrected chi connectivity index (χ2v) is 18.1. The Kier molecular flexibility index (Phi) is 12.8. The number of anilines is 6. The molecule has 0 aliphatic rings. The Hall–Kier alpha value is -8.32. The van der Waals surface area contributed by atoms with E-state index in [2.05, 4.69) is 76.2 Å². The van der Waals surface area contributed by atoms with Crippen LogP contribution >= 0.6 is 0 Å². The van der Waals surface area contributed by atoms with E-state index in [1.807, 2.05) is 122 Å². The van der Waals surface area contributed by atoms with Crippen LogP contribution in [0.4, 0.5) is 34.5 Å². The highest BCUT2D eigenvalue weighted by atomic mass is 32.2. The highest BCUT2D eigenvalue weighted by molar-refractivity contribution is 7.86. The molecule has 7 aromatic heterocycles. The van der Waals surface area contributed by atoms with E-state index < -0.39 is 10.1 Å². The Bertz CT molecular complexity index is 3530. The molecule has 3 aromatic carbocycles. The quantitative estimate of drug-likeness (QED) is 0.131. The lowest BCUT2D eigenvalue weighted by atomic mass is 10.0. The number of nitrogens with zero attached hydrogens (tertiary/aromatic N) is 13. The number of benzene rings is 3. The number of aryl methyl sites for hydroxylation is 6. The van der Waals surface area contributed by atoms with Crippen LogP contribution in [0.5, 0.6) is 11.5 Å². The van der Waals surface area contributed by atoms with Gasteiger partial charge in [0.15, 0.2) is 0 Å². The third kappa shape index (κ3) is 9.92. The Labute approximate surface area is 393 Å². The Morgan fingerprint density at radius 1 is 0.544 bits per heavy atom. The standard InChI is InChI=1S/C18H18N6.C16H18N4O3S.C15H16N4O/c1-12-6-13(14-8-21-22-9-14)4-5-16(12)24(3)18-7-17-15(10-19-18)20-11-23(17)2;1-11-7-12(23-24(4,21)22)5-6-14(11)20(3)16-8-15-13(9-17-16)18-10-19(15)2;1-10-6-11(20)4-5-13(10)19(3)15-7-14-12(8-16-15)17-9-18(14)2/h4-11H,1-3H3,(H,21,22);5-10H,1-4H3;4-9,20H,1-3H3. The fourth-order valence-corrected chi connectivity index (χ4v) is 8.30. The minimum Gasteiger partial charge on any atom is -0.508 e. The van der Waals surface area contributed by atoms with Gasteiger partial charge in [-0.25, -0.2) is 29.9 Å². The molecule has 0 saturated heterocycles. The Balaban J connectivity index is 0.000000139. The summed E-state index contributed by atoms with van der Waals surface area (Å²) >= 11 is 0. The van der Waals surface area contributed by atoms with Gasteiger partial charge in [-0.15, -0.1) is 0 Å². The van der Waals surface area contributed by atoms with Crippen LogP contribution in [0.3, 0.4) is 0 Å². The molecule has 0 saturated carbocycles. The number of nitrogens with one attached hydrogen (secondary N) is 1. The van der Waals surface area contributed by atoms with Crippen molar-refractivity contribution in [3.05, 3.63) is 139 Å². The molecule has 0 amide bonds. The summed E-state index contributed by atoms with van der Waals surface area (Å²) in [6, 6.07) is 22.9. The summed E-state index contributed by atoms with van der Waals surface area (Å²) < 4.78 is 33.3. The van der Waals surface area contributed by atoms with Crippen LogP contribution in [0, 0.1) is 20.8 Å². The van der Waals surface area contributed by atoms with E-state index in [9.17, 15) is 13.5 Å². The maximum absolute atomic E-state index is 11.2. The van der Waals surface area contributed by atoms with E-state index in [0.29, 0.717) is 5.75 Å². The summed E-state index contributed by atoms with van der Waals surface area (Å²) in [6.07, 6.45) is 15.4. The van der Waals surface area contributed by atoms with Crippen molar-refractivity contribution in [1.29, 1.82) is 0 Å². The summed E-state index contributed by atoms with van der Waals surface area (Å²) in [4.78, 5) is 32.3. The molecule has 7 heterocycles. The predicted octanol–water partition coefficient (Wildman–Crippen LogP) is 8.57. The van der Waals surface area contributed by atoms with E-state index in [4.69, 9.17) is 4.18 Å². The molecule has 0 radical (unpaired) electrons. The third-order valence-corrected chi connectivity index (χ3v) is 12.0. The Morgan fingerprint density at radius 3 is 1.37 bits per heavy atom. The summed E-state index contributed by atoms with van der Waals surface area (Å²) in [5, 5.41) is 16.4. The maximum Gasteiger partial charge on any atom is 0.306 e. The van der Waals surface area contributed by atoms with E-state index in [1.54, 1.807) is 55.6 Å². The van der Waals surface area contributed by atoms with Gasteiger partial charge in [0.2, 0.25) is 0 Å². The molecule has 10 aromatic rings. The second-order valence-electron chi connectivity index (χ2n) is 16.5. The summed E-state index contributed by atoms with van der Waals surface area (Å²) in [5.74, 6) is 3.07. The van der Waals surface area contributed by atoms with Crippen LogP contribution in [0.15, 0.2) is 123 Å². The second kappa shape index (κ2) is 18.9. The maximum atomic E-state index is 11.2. The molecule has 0 atom stereocenters. The van der Waals surface area contributed by atoms with Crippen molar-refractivity contribution >= 4 is 77.7 Å². The predicted molar refractivity (Wildman–Crippen MR) is 268 cm³/mol. The number of fused-ring (bicyclic) bond motifs is 3. The van der Waals surface area contributed by atoms with Crippen molar-refractivity contribution in [2.24, 2.45) is 21.1 Å². The number of pyridine rings is 3. The zero-order chi connectivity index (χ0) is 48.4. The van der Waals surface area contributed by atoms with E-state index in [1.165, 1.54) is 5.56 Å². The lowest BCUT2D eigenvalue weighted by Gasteiger charge is -2.21. The number of rotatable bonds is 9. The van der Waals surface area contributed by atoms with Crippen LogP contribution in [-0.4, -0.2) is 94.7 Å². The molecule has 18 nitrogen and oxygen atoms in total. The minimum atomic E-state index is -3.54. The van der Waals surface area contributed by atoms with Crippen molar-refractivity contribution in [2.75, 3.05) is 42.1 Å². The first kappa shape index (κ1) is 46.2. The number of phenolic OH excluding ortho intramolecular Hbond substituents is 1. The first-order chi connectivity index (χ1) is 32.4. The fraction of sp³-hybridized carbons (Fsp3) is 0.204. The zero-order valence-electron chi connectivity index (χ0n) is 39.4. The topological polar surface area (TPSA) is 194 Å². The number of hydrogen-bond acceptors (Lipinski definition) is 14. The fourth-order valence-electron chi connectivity index (χ4n) is 7.85. The van der Waals surface area contributed by atoms with Gasteiger partial charge in [0.05, 0.1) is 66.6 Å². The van der Waals surface area contributed by atoms with Crippen LogP contribution < -0.4 is 18.9 Å². The van der Waals surface area contributed by atoms with Crippen molar-refractivity contribution in [1.82, 2.24) is 53.8 Å². The van der Waals surface area contributed by atoms with Crippen molar-refractivity contribution in [3.63, 3.8) is 0 Å². The molecule has 0 fully saturated rings.